The first-order valence-electron chi connectivity index (χ1n) is 9.93. The molecule has 4 aromatic rings. The third kappa shape index (κ3) is 5.42. The zero-order valence-electron chi connectivity index (χ0n) is 17.7. The lowest BCUT2D eigenvalue weighted by molar-refractivity contribution is -0.118. The van der Waals surface area contributed by atoms with Crippen LogP contribution >= 0.6 is 0 Å². The van der Waals surface area contributed by atoms with Gasteiger partial charge in [0.25, 0.3) is 5.91 Å². The Balaban J connectivity index is 1.34. The van der Waals surface area contributed by atoms with Gasteiger partial charge in [0.15, 0.2) is 6.61 Å². The predicted octanol–water partition coefficient (Wildman–Crippen LogP) is 4.39. The fourth-order valence-corrected chi connectivity index (χ4v) is 2.96. The van der Waals surface area contributed by atoms with Gasteiger partial charge in [-0.1, -0.05) is 6.07 Å². The molecule has 0 aliphatic carbocycles. The summed E-state index contributed by atoms with van der Waals surface area (Å²) >= 11 is 0. The Labute approximate surface area is 185 Å². The first kappa shape index (κ1) is 20.9. The van der Waals surface area contributed by atoms with Crippen molar-refractivity contribution < 1.29 is 19.0 Å². The summed E-state index contributed by atoms with van der Waals surface area (Å²) in [6, 6.07) is 19.7. The SMILES string of the molecule is COc1cccc(OCC(=O)Nc2ccc(Oc3cc(-n4cccc4)nc(C)n3)cc2)c1. The van der Waals surface area contributed by atoms with Gasteiger partial charge in [-0.2, -0.15) is 4.98 Å². The third-order valence-electron chi connectivity index (χ3n) is 4.44. The Kier molecular flexibility index (Phi) is 6.31. The maximum atomic E-state index is 12.2. The first-order valence-corrected chi connectivity index (χ1v) is 9.93. The van der Waals surface area contributed by atoms with Crippen molar-refractivity contribution in [2.75, 3.05) is 19.0 Å². The number of nitrogens with one attached hydrogen (secondary N) is 1. The zero-order valence-corrected chi connectivity index (χ0v) is 17.7. The number of methoxy groups -OCH3 is 1. The van der Waals surface area contributed by atoms with Gasteiger partial charge in [-0.05, 0) is 55.5 Å². The molecule has 0 spiro atoms. The molecule has 0 aliphatic rings. The fraction of sp³-hybridized carbons (Fsp3) is 0.125. The number of aromatic nitrogens is 3. The lowest BCUT2D eigenvalue weighted by atomic mass is 10.3. The van der Waals surface area contributed by atoms with E-state index >= 15 is 0 Å². The summed E-state index contributed by atoms with van der Waals surface area (Å²) in [7, 11) is 1.58. The summed E-state index contributed by atoms with van der Waals surface area (Å²) < 4.78 is 18.4. The minimum absolute atomic E-state index is 0.117. The molecule has 2 heterocycles. The van der Waals surface area contributed by atoms with Gasteiger partial charge in [0.2, 0.25) is 5.88 Å². The molecule has 0 atom stereocenters. The number of carbonyl (C=O) groups is 1. The van der Waals surface area contributed by atoms with E-state index in [0.29, 0.717) is 34.6 Å². The van der Waals surface area contributed by atoms with Crippen LogP contribution < -0.4 is 19.5 Å². The number of carbonyl (C=O) groups excluding carboxylic acids is 1. The smallest absolute Gasteiger partial charge is 0.262 e. The second-order valence-corrected chi connectivity index (χ2v) is 6.84. The highest BCUT2D eigenvalue weighted by Gasteiger charge is 2.08. The highest BCUT2D eigenvalue weighted by atomic mass is 16.5. The molecule has 0 aliphatic heterocycles. The highest BCUT2D eigenvalue weighted by Crippen LogP contribution is 2.23. The number of hydrogen-bond donors (Lipinski definition) is 1. The molecule has 162 valence electrons. The van der Waals surface area contributed by atoms with Crippen LogP contribution in [0.15, 0.2) is 79.1 Å². The van der Waals surface area contributed by atoms with Crippen LogP contribution in [-0.4, -0.2) is 34.2 Å². The lowest BCUT2D eigenvalue weighted by Crippen LogP contribution is -2.20. The summed E-state index contributed by atoms with van der Waals surface area (Å²) in [4.78, 5) is 20.9. The lowest BCUT2D eigenvalue weighted by Gasteiger charge is -2.10. The van der Waals surface area contributed by atoms with E-state index in [9.17, 15) is 4.79 Å². The van der Waals surface area contributed by atoms with E-state index in [1.54, 1.807) is 61.7 Å². The Morgan fingerprint density at radius 1 is 0.938 bits per heavy atom. The van der Waals surface area contributed by atoms with E-state index in [1.807, 2.05) is 36.0 Å². The van der Waals surface area contributed by atoms with Gasteiger partial charge in [0.05, 0.1) is 7.11 Å². The molecule has 0 bridgehead atoms. The standard InChI is InChI=1S/C24H22N4O4/c1-17-25-22(28-12-3-4-13-28)15-24(26-17)32-19-10-8-18(9-11-19)27-23(29)16-31-21-7-5-6-20(14-21)30-2/h3-15H,16H2,1-2H3,(H,27,29). The monoisotopic (exact) mass is 430 g/mol. The number of amides is 1. The van der Waals surface area contributed by atoms with Gasteiger partial charge in [-0.25, -0.2) is 4.98 Å². The summed E-state index contributed by atoms with van der Waals surface area (Å²) in [5, 5.41) is 2.79. The van der Waals surface area contributed by atoms with Crippen LogP contribution in [0, 0.1) is 6.92 Å². The van der Waals surface area contributed by atoms with E-state index in [4.69, 9.17) is 14.2 Å². The topological polar surface area (TPSA) is 87.5 Å². The van der Waals surface area contributed by atoms with Crippen LogP contribution in [0.5, 0.6) is 23.1 Å². The number of nitrogens with zero attached hydrogens (tertiary/aromatic N) is 3. The van der Waals surface area contributed by atoms with E-state index < -0.39 is 0 Å². The number of benzene rings is 2. The Morgan fingerprint density at radius 3 is 2.44 bits per heavy atom. The van der Waals surface area contributed by atoms with E-state index in [1.165, 1.54) is 0 Å². The van der Waals surface area contributed by atoms with Crippen LogP contribution in [0.25, 0.3) is 5.82 Å². The molecule has 0 fully saturated rings. The van der Waals surface area contributed by atoms with Crippen LogP contribution in [0.4, 0.5) is 5.69 Å². The van der Waals surface area contributed by atoms with E-state index in [0.717, 1.165) is 5.82 Å². The van der Waals surface area contributed by atoms with Crippen molar-refractivity contribution in [3.05, 3.63) is 84.9 Å². The van der Waals surface area contributed by atoms with Crippen LogP contribution in [0.2, 0.25) is 0 Å². The average molecular weight is 430 g/mol. The normalized spacial score (nSPS) is 10.4. The first-order chi connectivity index (χ1) is 15.6. The molecular formula is C24H22N4O4. The molecule has 32 heavy (non-hydrogen) atoms. The Morgan fingerprint density at radius 2 is 1.69 bits per heavy atom. The maximum Gasteiger partial charge on any atom is 0.262 e. The zero-order chi connectivity index (χ0) is 22.3. The average Bonchev–Trinajstić information content (AvgIpc) is 3.34. The molecule has 0 saturated carbocycles. The summed E-state index contributed by atoms with van der Waals surface area (Å²) in [5.74, 6) is 3.30. The van der Waals surface area contributed by atoms with Crippen molar-refractivity contribution in [2.45, 2.75) is 6.92 Å². The van der Waals surface area contributed by atoms with Crippen LogP contribution in [0.3, 0.4) is 0 Å². The molecule has 2 aromatic heterocycles. The van der Waals surface area contributed by atoms with Gasteiger partial charge < -0.3 is 24.1 Å². The minimum Gasteiger partial charge on any atom is -0.497 e. The quantitative estimate of drug-likeness (QED) is 0.446. The van der Waals surface area contributed by atoms with E-state index in [-0.39, 0.29) is 12.5 Å². The molecule has 1 N–H and O–H groups in total. The Bertz CT molecular complexity index is 1190. The maximum absolute atomic E-state index is 12.2. The molecule has 2 aromatic carbocycles. The van der Waals surface area contributed by atoms with Crippen molar-refractivity contribution in [1.29, 1.82) is 0 Å². The molecule has 1 amide bonds. The number of anilines is 1. The van der Waals surface area contributed by atoms with Gasteiger partial charge in [0, 0.05) is 30.2 Å². The van der Waals surface area contributed by atoms with Crippen LogP contribution in [0.1, 0.15) is 5.82 Å². The molecule has 0 unspecified atom stereocenters. The predicted molar refractivity (Wildman–Crippen MR) is 120 cm³/mol. The summed E-state index contributed by atoms with van der Waals surface area (Å²) in [5.41, 5.74) is 0.628. The van der Waals surface area contributed by atoms with Crippen molar-refractivity contribution in [3.8, 4) is 28.9 Å². The van der Waals surface area contributed by atoms with Crippen molar-refractivity contribution >= 4 is 11.6 Å². The minimum atomic E-state index is -0.274. The van der Waals surface area contributed by atoms with Gasteiger partial charge in [-0.15, -0.1) is 0 Å². The number of rotatable bonds is 8. The van der Waals surface area contributed by atoms with Crippen LogP contribution in [-0.2, 0) is 4.79 Å². The largest absolute Gasteiger partial charge is 0.497 e. The summed E-state index contributed by atoms with van der Waals surface area (Å²) in [6.45, 7) is 1.69. The van der Waals surface area contributed by atoms with E-state index in [2.05, 4.69) is 15.3 Å². The molecule has 0 radical (unpaired) electrons. The molecule has 4 rings (SSSR count). The molecule has 0 saturated heterocycles. The molecular weight excluding hydrogens is 408 g/mol. The number of aryl methyl sites for hydroxylation is 1. The van der Waals surface area contributed by atoms with Crippen molar-refractivity contribution in [1.82, 2.24) is 14.5 Å². The molecule has 8 heteroatoms. The van der Waals surface area contributed by atoms with Gasteiger partial charge in [0.1, 0.15) is 28.9 Å². The van der Waals surface area contributed by atoms with Gasteiger partial charge >= 0.3 is 0 Å². The second-order valence-electron chi connectivity index (χ2n) is 6.84. The van der Waals surface area contributed by atoms with Crippen molar-refractivity contribution in [3.63, 3.8) is 0 Å². The summed E-state index contributed by atoms with van der Waals surface area (Å²) in [6.07, 6.45) is 3.81. The Hall–Kier alpha value is -4.33. The van der Waals surface area contributed by atoms with Crippen molar-refractivity contribution in [2.24, 2.45) is 0 Å². The fourth-order valence-electron chi connectivity index (χ4n) is 2.96. The highest BCUT2D eigenvalue weighted by molar-refractivity contribution is 5.91. The third-order valence-corrected chi connectivity index (χ3v) is 4.44. The number of hydrogen-bond acceptors (Lipinski definition) is 6. The molecule has 8 nitrogen and oxygen atoms in total. The number of ether oxygens (including phenoxy) is 3. The van der Waals surface area contributed by atoms with Gasteiger partial charge in [-0.3, -0.25) is 4.79 Å². The second kappa shape index (κ2) is 9.65.